The number of carboxylic acids is 1. The molecule has 0 bridgehead atoms. The van der Waals surface area contributed by atoms with Gasteiger partial charge in [-0.25, -0.2) is 18.6 Å². The fourth-order valence-corrected chi connectivity index (χ4v) is 5.74. The van der Waals surface area contributed by atoms with Gasteiger partial charge in [0.1, 0.15) is 24.3 Å². The van der Waals surface area contributed by atoms with Gasteiger partial charge in [-0.15, -0.1) is 0 Å². The van der Waals surface area contributed by atoms with Crippen molar-refractivity contribution >= 4 is 11.8 Å². The van der Waals surface area contributed by atoms with Gasteiger partial charge in [-0.2, -0.15) is 5.26 Å². The highest BCUT2D eigenvalue weighted by atomic mass is 19.1. The first-order valence-corrected chi connectivity index (χ1v) is 14.0. The average Bonchev–Trinajstić information content (AvgIpc) is 2.97. The van der Waals surface area contributed by atoms with Gasteiger partial charge in [0.05, 0.1) is 12.6 Å². The van der Waals surface area contributed by atoms with E-state index in [0.29, 0.717) is 36.8 Å². The fourth-order valence-electron chi connectivity index (χ4n) is 5.74. The summed E-state index contributed by atoms with van der Waals surface area (Å²) < 4.78 is 35.5. The normalized spacial score (nSPS) is 18.2. The first-order chi connectivity index (χ1) is 19.8. The second-order valence-corrected chi connectivity index (χ2v) is 10.7. The summed E-state index contributed by atoms with van der Waals surface area (Å²) in [5.74, 6) is -1.82. The number of anilines is 1. The molecule has 2 fully saturated rings. The molecule has 2 aliphatic rings. The first kappa shape index (κ1) is 28.4. The molecule has 5 rings (SSSR count). The van der Waals surface area contributed by atoms with Crippen LogP contribution in [-0.4, -0.2) is 58.2 Å². The number of rotatable bonds is 8. The van der Waals surface area contributed by atoms with Crippen LogP contribution in [-0.2, 0) is 11.4 Å². The van der Waals surface area contributed by atoms with Crippen molar-refractivity contribution in [2.24, 2.45) is 0 Å². The Morgan fingerprint density at radius 1 is 1.12 bits per heavy atom. The molecule has 1 unspecified atom stereocenters. The van der Waals surface area contributed by atoms with E-state index >= 15 is 4.39 Å². The van der Waals surface area contributed by atoms with Crippen LogP contribution in [0.1, 0.15) is 54.8 Å². The van der Waals surface area contributed by atoms with E-state index < -0.39 is 23.6 Å². The molecule has 214 valence electrons. The second kappa shape index (κ2) is 12.6. The maximum absolute atomic E-state index is 15.1. The number of aromatic nitrogens is 2. The fraction of sp³-hybridized carbons (Fsp3) is 0.419. The highest BCUT2D eigenvalue weighted by Gasteiger charge is 2.30. The Bertz CT molecular complexity index is 1450. The summed E-state index contributed by atoms with van der Waals surface area (Å²) in [6.45, 7) is 4.71. The molecular weight excluding hydrogens is 528 g/mol. The number of carboxylic acid groups (broad SMARTS) is 1. The van der Waals surface area contributed by atoms with Gasteiger partial charge >= 0.3 is 5.97 Å². The van der Waals surface area contributed by atoms with Gasteiger partial charge in [0, 0.05) is 47.7 Å². The van der Waals surface area contributed by atoms with E-state index in [-0.39, 0.29) is 17.9 Å². The number of benzene rings is 1. The summed E-state index contributed by atoms with van der Waals surface area (Å²) in [5.41, 5.74) is 3.46. The van der Waals surface area contributed by atoms with Crippen LogP contribution in [0.3, 0.4) is 0 Å². The molecule has 41 heavy (non-hydrogen) atoms. The third-order valence-corrected chi connectivity index (χ3v) is 8.06. The largest absolute Gasteiger partial charge is 0.485 e. The van der Waals surface area contributed by atoms with Gasteiger partial charge in [-0.3, -0.25) is 9.88 Å². The number of ether oxygens (including phenoxy) is 1. The molecule has 0 spiro atoms. The Morgan fingerprint density at radius 3 is 2.66 bits per heavy atom. The van der Waals surface area contributed by atoms with Gasteiger partial charge in [0.2, 0.25) is 0 Å². The lowest BCUT2D eigenvalue weighted by Gasteiger charge is -2.34. The third kappa shape index (κ3) is 6.46. The van der Waals surface area contributed by atoms with Crippen molar-refractivity contribution in [3.8, 4) is 22.9 Å². The van der Waals surface area contributed by atoms with Crippen LogP contribution < -0.4 is 9.64 Å². The minimum absolute atomic E-state index is 0.0421. The topological polar surface area (TPSA) is 103 Å². The van der Waals surface area contributed by atoms with E-state index in [1.54, 1.807) is 23.2 Å². The highest BCUT2D eigenvalue weighted by Crippen LogP contribution is 2.36. The lowest BCUT2D eigenvalue weighted by molar-refractivity contribution is -0.139. The molecule has 2 aromatic heterocycles. The molecule has 2 saturated heterocycles. The summed E-state index contributed by atoms with van der Waals surface area (Å²) in [6, 6.07) is 8.84. The number of aliphatic carboxylic acids is 1. The average molecular weight is 562 g/mol. The van der Waals surface area contributed by atoms with Crippen molar-refractivity contribution in [2.45, 2.75) is 57.6 Å². The number of carbonyl (C=O) groups is 1. The minimum Gasteiger partial charge on any atom is -0.485 e. The summed E-state index contributed by atoms with van der Waals surface area (Å²) >= 11 is 0. The number of halogens is 2. The van der Waals surface area contributed by atoms with Crippen LogP contribution in [0, 0.1) is 29.9 Å². The van der Waals surface area contributed by atoms with E-state index in [9.17, 15) is 14.3 Å². The van der Waals surface area contributed by atoms with Crippen molar-refractivity contribution < 1.29 is 23.4 Å². The molecule has 2 aliphatic heterocycles. The molecule has 0 saturated carbocycles. The monoisotopic (exact) mass is 561 g/mol. The number of nitriles is 1. The van der Waals surface area contributed by atoms with Crippen LogP contribution in [0.15, 0.2) is 42.7 Å². The quantitative estimate of drug-likeness (QED) is 0.362. The molecule has 0 radical (unpaired) electrons. The number of hydrogen-bond acceptors (Lipinski definition) is 7. The number of piperidine rings is 2. The Morgan fingerprint density at radius 2 is 1.93 bits per heavy atom. The van der Waals surface area contributed by atoms with Gasteiger partial charge in [0.15, 0.2) is 11.6 Å². The van der Waals surface area contributed by atoms with Crippen LogP contribution in [0.5, 0.6) is 5.75 Å². The van der Waals surface area contributed by atoms with Crippen molar-refractivity contribution in [3.63, 3.8) is 0 Å². The molecule has 0 aliphatic carbocycles. The summed E-state index contributed by atoms with van der Waals surface area (Å²) in [7, 11) is 0. The number of nitrogens with zero attached hydrogens (tertiary/aromatic N) is 5. The Hall–Kier alpha value is -4.10. The molecule has 1 aromatic carbocycles. The predicted octanol–water partition coefficient (Wildman–Crippen LogP) is 5.46. The standard InChI is InChI=1S/C31H33F2N5O3/c1-20-14-27(21-6-11-37(12-7-21)13-8-34)36-18-23(20)19-41-30-25(16-24(32)17-26(30)33)22-5-9-35-29(15-22)38-10-3-2-4-28(38)31(39)40/h5,9,14-18,21,28H,2-4,6-7,10-13,19H2,1H3,(H,39,40). The van der Waals surface area contributed by atoms with Gasteiger partial charge in [0.25, 0.3) is 0 Å². The van der Waals surface area contributed by atoms with Gasteiger partial charge in [-0.05, 0) is 87.5 Å². The molecule has 0 amide bonds. The van der Waals surface area contributed by atoms with Crippen molar-refractivity contribution in [3.05, 3.63) is 71.2 Å². The SMILES string of the molecule is Cc1cc(C2CCN(CC#N)CC2)ncc1COc1c(F)cc(F)cc1-c1ccnc(N2CCCCC2C(=O)O)c1. The summed E-state index contributed by atoms with van der Waals surface area (Å²) in [5, 5.41) is 18.6. The third-order valence-electron chi connectivity index (χ3n) is 8.06. The van der Waals surface area contributed by atoms with Gasteiger partial charge in [-0.1, -0.05) is 0 Å². The van der Waals surface area contributed by atoms with E-state index in [1.165, 1.54) is 12.3 Å². The van der Waals surface area contributed by atoms with Crippen LogP contribution in [0.4, 0.5) is 14.6 Å². The van der Waals surface area contributed by atoms with Crippen LogP contribution in [0.2, 0.25) is 0 Å². The number of pyridine rings is 2. The van der Waals surface area contributed by atoms with E-state index in [0.717, 1.165) is 61.7 Å². The minimum atomic E-state index is -0.919. The molecule has 10 heteroatoms. The predicted molar refractivity (Wildman–Crippen MR) is 150 cm³/mol. The van der Waals surface area contributed by atoms with Gasteiger partial charge < -0.3 is 14.7 Å². The summed E-state index contributed by atoms with van der Waals surface area (Å²) in [4.78, 5) is 24.7. The Kier molecular flexibility index (Phi) is 8.74. The number of likely N-dealkylation sites (tertiary alicyclic amines) is 1. The smallest absolute Gasteiger partial charge is 0.326 e. The molecular formula is C31H33F2N5O3. The zero-order valence-corrected chi connectivity index (χ0v) is 23.0. The summed E-state index contributed by atoms with van der Waals surface area (Å²) in [6.07, 6.45) is 7.31. The maximum atomic E-state index is 15.1. The molecule has 1 N–H and O–H groups in total. The second-order valence-electron chi connectivity index (χ2n) is 10.7. The van der Waals surface area contributed by atoms with E-state index in [1.807, 2.05) is 13.0 Å². The number of aryl methyl sites for hydroxylation is 1. The van der Waals surface area contributed by atoms with Crippen molar-refractivity contribution in [1.82, 2.24) is 14.9 Å². The van der Waals surface area contributed by atoms with E-state index in [2.05, 4.69) is 20.9 Å². The highest BCUT2D eigenvalue weighted by molar-refractivity contribution is 5.79. The zero-order chi connectivity index (χ0) is 28.9. The molecule has 3 aromatic rings. The van der Waals surface area contributed by atoms with Crippen LogP contribution in [0.25, 0.3) is 11.1 Å². The Labute approximate surface area is 238 Å². The van der Waals surface area contributed by atoms with Crippen molar-refractivity contribution in [1.29, 1.82) is 5.26 Å². The first-order valence-electron chi connectivity index (χ1n) is 14.0. The molecule has 8 nitrogen and oxygen atoms in total. The van der Waals surface area contributed by atoms with E-state index in [4.69, 9.17) is 10.00 Å². The molecule has 4 heterocycles. The zero-order valence-electron chi connectivity index (χ0n) is 23.0. The molecule has 1 atom stereocenters. The van der Waals surface area contributed by atoms with Crippen molar-refractivity contribution in [2.75, 3.05) is 31.1 Å². The number of hydrogen-bond donors (Lipinski definition) is 1. The van der Waals surface area contributed by atoms with Crippen LogP contribution >= 0.6 is 0 Å². The Balaban J connectivity index is 1.35. The maximum Gasteiger partial charge on any atom is 0.326 e. The lowest BCUT2D eigenvalue weighted by atomic mass is 9.92. The lowest BCUT2D eigenvalue weighted by Crippen LogP contribution is -2.45.